The van der Waals surface area contributed by atoms with Crippen LogP contribution in [0.4, 0.5) is 0 Å². The first-order valence-electron chi connectivity index (χ1n) is 27.7. The van der Waals surface area contributed by atoms with Crippen LogP contribution in [-0.4, -0.2) is 49.9 Å². The van der Waals surface area contributed by atoms with Crippen LogP contribution >= 0.6 is 7.82 Å². The van der Waals surface area contributed by atoms with Crippen LogP contribution in [-0.2, 0) is 27.9 Å². The van der Waals surface area contributed by atoms with E-state index in [0.29, 0.717) is 13.0 Å². The molecule has 2 unspecified atom stereocenters. The number of phosphoric ester groups is 1. The van der Waals surface area contributed by atoms with Crippen molar-refractivity contribution in [3.63, 3.8) is 0 Å². The van der Waals surface area contributed by atoms with Gasteiger partial charge in [-0.3, -0.25) is 13.8 Å². The SMILES string of the molecule is CC/C=C\C/C=C\C/C=C\C/C=C\C/C=C\CCCCCCCCCCOCC(COP(=O)(O)OCCN)OC(=O)CCCCCCCCCCCC/C=C\C/C=C\C/C=C\CCCCCCC. The molecule has 0 aromatic carbocycles. The molecular formula is C59H104NO7P. The molecule has 2 atom stereocenters. The molecule has 0 saturated heterocycles. The Labute approximate surface area is 419 Å². The number of esters is 1. The highest BCUT2D eigenvalue weighted by Crippen LogP contribution is 2.43. The highest BCUT2D eigenvalue weighted by atomic mass is 31.2. The Balaban J connectivity index is 3.97. The van der Waals surface area contributed by atoms with Gasteiger partial charge < -0.3 is 20.1 Å². The minimum Gasteiger partial charge on any atom is -0.457 e. The summed E-state index contributed by atoms with van der Waals surface area (Å²) >= 11 is 0. The van der Waals surface area contributed by atoms with Gasteiger partial charge in [0.15, 0.2) is 0 Å². The maximum atomic E-state index is 12.7. The summed E-state index contributed by atoms with van der Waals surface area (Å²) in [7, 11) is -4.30. The summed E-state index contributed by atoms with van der Waals surface area (Å²) in [6, 6.07) is 0. The lowest BCUT2D eigenvalue weighted by Gasteiger charge is -2.20. The van der Waals surface area contributed by atoms with Crippen molar-refractivity contribution in [2.45, 2.75) is 238 Å². The molecule has 0 fully saturated rings. The van der Waals surface area contributed by atoms with Gasteiger partial charge in [-0.05, 0) is 96.3 Å². The highest BCUT2D eigenvalue weighted by Gasteiger charge is 2.25. The van der Waals surface area contributed by atoms with Gasteiger partial charge in [-0.1, -0.05) is 227 Å². The fourth-order valence-electron chi connectivity index (χ4n) is 7.44. The van der Waals surface area contributed by atoms with E-state index in [2.05, 4.69) is 111 Å². The third-order valence-electron chi connectivity index (χ3n) is 11.5. The van der Waals surface area contributed by atoms with Crippen molar-refractivity contribution in [3.8, 4) is 0 Å². The molecule has 0 saturated carbocycles. The molecular weight excluding hydrogens is 866 g/mol. The van der Waals surface area contributed by atoms with Crippen LogP contribution in [0.5, 0.6) is 0 Å². The second kappa shape index (κ2) is 55.3. The number of rotatable bonds is 52. The van der Waals surface area contributed by atoms with Crippen LogP contribution in [0.15, 0.2) is 97.2 Å². The van der Waals surface area contributed by atoms with Gasteiger partial charge in [0.25, 0.3) is 0 Å². The molecule has 8 nitrogen and oxygen atoms in total. The van der Waals surface area contributed by atoms with E-state index in [1.54, 1.807) is 0 Å². The number of ether oxygens (including phenoxy) is 2. The monoisotopic (exact) mass is 970 g/mol. The number of hydrogen-bond acceptors (Lipinski definition) is 7. The number of unbranched alkanes of at least 4 members (excludes halogenated alkanes) is 23. The molecule has 0 rings (SSSR count). The first kappa shape index (κ1) is 65.4. The summed E-state index contributed by atoms with van der Waals surface area (Å²) in [4.78, 5) is 22.7. The third-order valence-corrected chi connectivity index (χ3v) is 12.5. The molecule has 0 aliphatic rings. The van der Waals surface area contributed by atoms with Crippen molar-refractivity contribution in [3.05, 3.63) is 97.2 Å². The van der Waals surface area contributed by atoms with Gasteiger partial charge in [-0.2, -0.15) is 0 Å². The average molecular weight is 970 g/mol. The predicted molar refractivity (Wildman–Crippen MR) is 293 cm³/mol. The standard InChI is InChI=1S/C59H104NO7P/c1-3-5-7-9-11-13-15-17-19-21-23-25-27-29-30-32-34-36-38-40-42-44-46-48-50-52-59(61)67-58(57-66-68(62,63)65-55-53-60)56-64-54-51-49-47-45-43-41-39-37-35-33-31-28-26-24-22-20-18-16-14-12-10-8-6-4-2/h6,8,12,14-15,17-18,20-21,23-24,26-27,29,31,33,58H,3-5,7,9-11,13,16,19,22,25,28,30,32,34-57,60H2,1-2H3,(H,62,63)/b8-6-,14-12-,17-15-,20-18-,23-21-,26-24-,29-27-,33-31-. The zero-order chi connectivity index (χ0) is 49.4. The molecule has 3 N–H and O–H groups in total. The van der Waals surface area contributed by atoms with Gasteiger partial charge >= 0.3 is 13.8 Å². The molecule has 9 heteroatoms. The van der Waals surface area contributed by atoms with E-state index in [0.717, 1.165) is 83.5 Å². The number of hydrogen-bond donors (Lipinski definition) is 2. The van der Waals surface area contributed by atoms with Crippen molar-refractivity contribution in [1.29, 1.82) is 0 Å². The van der Waals surface area contributed by atoms with Crippen LogP contribution in [0, 0.1) is 0 Å². The summed E-state index contributed by atoms with van der Waals surface area (Å²) < 4.78 is 33.7. The maximum Gasteiger partial charge on any atom is 0.472 e. The first-order valence-corrected chi connectivity index (χ1v) is 29.2. The zero-order valence-corrected chi connectivity index (χ0v) is 44.7. The molecule has 0 aliphatic carbocycles. The Morgan fingerprint density at radius 1 is 0.456 bits per heavy atom. The van der Waals surface area contributed by atoms with Crippen molar-refractivity contribution in [2.75, 3.05) is 33.0 Å². The minimum atomic E-state index is -4.30. The Bertz CT molecular complexity index is 1370. The predicted octanol–water partition coefficient (Wildman–Crippen LogP) is 17.8. The van der Waals surface area contributed by atoms with Crippen molar-refractivity contribution in [2.24, 2.45) is 5.73 Å². The second-order valence-electron chi connectivity index (χ2n) is 18.1. The Morgan fingerprint density at radius 2 is 0.824 bits per heavy atom. The van der Waals surface area contributed by atoms with E-state index in [4.69, 9.17) is 24.3 Å². The number of nitrogens with two attached hydrogens (primary N) is 1. The van der Waals surface area contributed by atoms with Crippen LogP contribution < -0.4 is 5.73 Å². The van der Waals surface area contributed by atoms with Gasteiger partial charge in [-0.25, -0.2) is 4.57 Å². The Hall–Kier alpha value is -2.58. The Kier molecular flexibility index (Phi) is 53.2. The topological polar surface area (TPSA) is 117 Å². The van der Waals surface area contributed by atoms with E-state index >= 15 is 0 Å². The summed E-state index contributed by atoms with van der Waals surface area (Å²) in [5.74, 6) is -0.339. The number of phosphoric acid groups is 1. The molecule has 68 heavy (non-hydrogen) atoms. The van der Waals surface area contributed by atoms with E-state index in [1.807, 2.05) is 0 Å². The smallest absolute Gasteiger partial charge is 0.457 e. The normalized spacial score (nSPS) is 14.0. The lowest BCUT2D eigenvalue weighted by molar-refractivity contribution is -0.154. The van der Waals surface area contributed by atoms with Gasteiger partial charge in [-0.15, -0.1) is 0 Å². The average Bonchev–Trinajstić information content (AvgIpc) is 3.33. The van der Waals surface area contributed by atoms with Gasteiger partial charge in [0.1, 0.15) is 6.10 Å². The molecule has 0 radical (unpaired) electrons. The molecule has 0 aromatic heterocycles. The number of carbonyl (C=O) groups excluding carboxylic acids is 1. The number of allylic oxidation sites excluding steroid dienone is 16. The van der Waals surface area contributed by atoms with Crippen LogP contribution in [0.25, 0.3) is 0 Å². The largest absolute Gasteiger partial charge is 0.472 e. The first-order chi connectivity index (χ1) is 33.4. The minimum absolute atomic E-state index is 0.0933. The van der Waals surface area contributed by atoms with E-state index < -0.39 is 13.9 Å². The van der Waals surface area contributed by atoms with E-state index in [1.165, 1.54) is 128 Å². The molecule has 0 bridgehead atoms. The van der Waals surface area contributed by atoms with Crippen molar-refractivity contribution < 1.29 is 32.8 Å². The summed E-state index contributed by atoms with van der Waals surface area (Å²) in [6.45, 7) is 4.78. The zero-order valence-electron chi connectivity index (χ0n) is 43.8. The molecule has 0 heterocycles. The second-order valence-corrected chi connectivity index (χ2v) is 19.5. The summed E-state index contributed by atoms with van der Waals surface area (Å²) in [5, 5.41) is 0. The number of carbonyl (C=O) groups is 1. The molecule has 392 valence electrons. The van der Waals surface area contributed by atoms with Crippen molar-refractivity contribution in [1.82, 2.24) is 0 Å². The van der Waals surface area contributed by atoms with E-state index in [9.17, 15) is 14.3 Å². The molecule has 0 spiro atoms. The maximum absolute atomic E-state index is 12.7. The summed E-state index contributed by atoms with van der Waals surface area (Å²) in [5.41, 5.74) is 5.40. The lowest BCUT2D eigenvalue weighted by atomic mass is 10.0. The van der Waals surface area contributed by atoms with Crippen LogP contribution in [0.3, 0.4) is 0 Å². The van der Waals surface area contributed by atoms with Crippen LogP contribution in [0.2, 0.25) is 0 Å². The fourth-order valence-corrected chi connectivity index (χ4v) is 8.21. The Morgan fingerprint density at radius 3 is 1.24 bits per heavy atom. The highest BCUT2D eigenvalue weighted by molar-refractivity contribution is 7.47. The molecule has 0 amide bonds. The quantitative estimate of drug-likeness (QED) is 0.0268. The molecule has 0 aromatic rings. The van der Waals surface area contributed by atoms with Gasteiger partial charge in [0, 0.05) is 19.6 Å². The van der Waals surface area contributed by atoms with Gasteiger partial charge in [0.05, 0.1) is 19.8 Å². The third kappa shape index (κ3) is 54.4. The van der Waals surface area contributed by atoms with Gasteiger partial charge in [0.2, 0.25) is 0 Å². The van der Waals surface area contributed by atoms with E-state index in [-0.39, 0.29) is 32.3 Å². The van der Waals surface area contributed by atoms with Crippen LogP contribution in [0.1, 0.15) is 232 Å². The van der Waals surface area contributed by atoms with Crippen molar-refractivity contribution >= 4 is 13.8 Å². The summed E-state index contributed by atoms with van der Waals surface area (Å²) in [6.07, 6.45) is 74.5. The lowest BCUT2D eigenvalue weighted by Crippen LogP contribution is -2.28. The fraction of sp³-hybridized carbons (Fsp3) is 0.712. The molecule has 0 aliphatic heterocycles.